The third-order valence-electron chi connectivity index (χ3n) is 6.29. The highest BCUT2D eigenvalue weighted by atomic mass is 32.1. The summed E-state index contributed by atoms with van der Waals surface area (Å²) in [5.41, 5.74) is 4.46. The topological polar surface area (TPSA) is 60.2 Å². The summed E-state index contributed by atoms with van der Waals surface area (Å²) in [5.74, 6) is 0.762. The molecule has 7 heteroatoms. The number of thiophene rings is 1. The SMILES string of the molecule is Cc1c(C)n(Cc2ccccc2)c2ncnc(OC3CCN(C(=O)c4cccs4)CC3)c12. The normalized spacial score (nSPS) is 14.8. The van der Waals surface area contributed by atoms with Gasteiger partial charge in [0.25, 0.3) is 5.91 Å². The van der Waals surface area contributed by atoms with Gasteiger partial charge in [0.2, 0.25) is 5.88 Å². The number of piperidine rings is 1. The summed E-state index contributed by atoms with van der Waals surface area (Å²) in [4.78, 5) is 24.4. The lowest BCUT2D eigenvalue weighted by Crippen LogP contribution is -2.41. The highest BCUT2D eigenvalue weighted by molar-refractivity contribution is 7.12. The molecule has 0 aliphatic carbocycles. The van der Waals surface area contributed by atoms with E-state index in [0.717, 1.165) is 40.9 Å². The zero-order valence-electron chi connectivity index (χ0n) is 18.3. The van der Waals surface area contributed by atoms with Gasteiger partial charge in [-0.05, 0) is 36.4 Å². The Balaban J connectivity index is 1.34. The molecule has 5 rings (SSSR count). The van der Waals surface area contributed by atoms with Crippen LogP contribution in [0.2, 0.25) is 0 Å². The molecule has 1 aromatic carbocycles. The minimum absolute atomic E-state index is 0.0395. The number of hydrogen-bond donors (Lipinski definition) is 0. The van der Waals surface area contributed by atoms with Crippen molar-refractivity contribution in [1.82, 2.24) is 19.4 Å². The summed E-state index contributed by atoms with van der Waals surface area (Å²) in [7, 11) is 0. The number of amides is 1. The Labute approximate surface area is 191 Å². The number of aryl methyl sites for hydroxylation is 1. The molecule has 0 saturated carbocycles. The average molecular weight is 447 g/mol. The minimum Gasteiger partial charge on any atom is -0.474 e. The zero-order valence-corrected chi connectivity index (χ0v) is 19.1. The molecule has 1 aliphatic rings. The summed E-state index contributed by atoms with van der Waals surface area (Å²) < 4.78 is 8.62. The minimum atomic E-state index is 0.0395. The number of carbonyl (C=O) groups excluding carboxylic acids is 1. The van der Waals surface area contributed by atoms with Crippen molar-refractivity contribution in [2.75, 3.05) is 13.1 Å². The van der Waals surface area contributed by atoms with Gasteiger partial charge in [-0.25, -0.2) is 9.97 Å². The van der Waals surface area contributed by atoms with E-state index in [9.17, 15) is 4.79 Å². The second-order valence-corrected chi connectivity index (χ2v) is 9.19. The van der Waals surface area contributed by atoms with E-state index in [0.29, 0.717) is 19.0 Å². The van der Waals surface area contributed by atoms with E-state index < -0.39 is 0 Å². The number of benzene rings is 1. The second kappa shape index (κ2) is 8.74. The molecule has 0 radical (unpaired) electrons. The van der Waals surface area contributed by atoms with Gasteiger partial charge in [0.1, 0.15) is 18.1 Å². The molecule has 1 amide bonds. The predicted molar refractivity (Wildman–Crippen MR) is 126 cm³/mol. The highest BCUT2D eigenvalue weighted by Gasteiger charge is 2.27. The fourth-order valence-corrected chi connectivity index (χ4v) is 5.07. The van der Waals surface area contributed by atoms with Crippen LogP contribution in [0.5, 0.6) is 5.88 Å². The number of carbonyl (C=O) groups is 1. The summed E-state index contributed by atoms with van der Waals surface area (Å²) in [6.45, 7) is 6.39. The van der Waals surface area contributed by atoms with Crippen molar-refractivity contribution in [3.8, 4) is 5.88 Å². The van der Waals surface area contributed by atoms with Crippen LogP contribution in [0.1, 0.15) is 39.3 Å². The van der Waals surface area contributed by atoms with Gasteiger partial charge >= 0.3 is 0 Å². The molecule has 3 aromatic heterocycles. The zero-order chi connectivity index (χ0) is 22.1. The first-order valence-electron chi connectivity index (χ1n) is 11.0. The first-order valence-corrected chi connectivity index (χ1v) is 11.8. The van der Waals surface area contributed by atoms with Gasteiger partial charge in [0, 0.05) is 38.2 Å². The van der Waals surface area contributed by atoms with Crippen LogP contribution in [0.15, 0.2) is 54.2 Å². The molecule has 0 atom stereocenters. The van der Waals surface area contributed by atoms with Gasteiger partial charge in [0.05, 0.1) is 10.3 Å². The Morgan fingerprint density at radius 3 is 2.59 bits per heavy atom. The fraction of sp³-hybridized carbons (Fsp3) is 0.320. The highest BCUT2D eigenvalue weighted by Crippen LogP contribution is 2.32. The molecule has 4 aromatic rings. The number of ether oxygens (including phenoxy) is 1. The third kappa shape index (κ3) is 3.88. The Morgan fingerprint density at radius 2 is 1.88 bits per heavy atom. The Morgan fingerprint density at radius 1 is 1.09 bits per heavy atom. The number of nitrogens with zero attached hydrogens (tertiary/aromatic N) is 4. The average Bonchev–Trinajstić information content (AvgIpc) is 3.44. The van der Waals surface area contributed by atoms with Crippen LogP contribution in [-0.2, 0) is 6.54 Å². The quantitative estimate of drug-likeness (QED) is 0.440. The van der Waals surface area contributed by atoms with Crippen LogP contribution in [0.4, 0.5) is 0 Å². The van der Waals surface area contributed by atoms with Crippen LogP contribution in [0.3, 0.4) is 0 Å². The Hall–Kier alpha value is -3.19. The van der Waals surface area contributed by atoms with Crippen LogP contribution in [-0.4, -0.2) is 44.5 Å². The van der Waals surface area contributed by atoms with Gasteiger partial charge in [-0.15, -0.1) is 11.3 Å². The lowest BCUT2D eigenvalue weighted by molar-refractivity contribution is 0.0595. The van der Waals surface area contributed by atoms with Crippen LogP contribution < -0.4 is 4.74 Å². The smallest absolute Gasteiger partial charge is 0.263 e. The molecule has 1 fully saturated rings. The molecule has 0 unspecified atom stereocenters. The van der Waals surface area contributed by atoms with Gasteiger partial charge in [-0.2, -0.15) is 0 Å². The number of rotatable bonds is 5. The molecule has 4 heterocycles. The maximum Gasteiger partial charge on any atom is 0.263 e. The maximum atomic E-state index is 12.6. The largest absolute Gasteiger partial charge is 0.474 e. The predicted octanol–water partition coefficient (Wildman–Crippen LogP) is 4.84. The van der Waals surface area contributed by atoms with E-state index >= 15 is 0 Å². The van der Waals surface area contributed by atoms with Crippen molar-refractivity contribution in [3.05, 3.63) is 75.9 Å². The molecule has 1 aliphatic heterocycles. The molecule has 164 valence electrons. The van der Waals surface area contributed by atoms with E-state index in [4.69, 9.17) is 4.74 Å². The summed E-state index contributed by atoms with van der Waals surface area (Å²) in [6, 6.07) is 14.2. The molecular weight excluding hydrogens is 420 g/mol. The lowest BCUT2D eigenvalue weighted by atomic mass is 10.1. The van der Waals surface area contributed by atoms with Gasteiger partial charge < -0.3 is 14.2 Å². The van der Waals surface area contributed by atoms with Crippen LogP contribution >= 0.6 is 11.3 Å². The molecule has 0 bridgehead atoms. The first-order chi connectivity index (χ1) is 15.6. The summed E-state index contributed by atoms with van der Waals surface area (Å²) >= 11 is 1.49. The van der Waals surface area contributed by atoms with Gasteiger partial charge in [-0.3, -0.25) is 4.79 Å². The monoisotopic (exact) mass is 446 g/mol. The lowest BCUT2D eigenvalue weighted by Gasteiger charge is -2.31. The maximum absolute atomic E-state index is 12.6. The fourth-order valence-electron chi connectivity index (χ4n) is 4.38. The third-order valence-corrected chi connectivity index (χ3v) is 7.15. The van der Waals surface area contributed by atoms with Crippen molar-refractivity contribution >= 4 is 28.3 Å². The molecular formula is C25H26N4O2S. The van der Waals surface area contributed by atoms with Crippen molar-refractivity contribution in [3.63, 3.8) is 0 Å². The van der Waals surface area contributed by atoms with E-state index in [1.807, 2.05) is 28.5 Å². The molecule has 1 saturated heterocycles. The van der Waals surface area contributed by atoms with Crippen molar-refractivity contribution in [2.45, 2.75) is 39.3 Å². The first kappa shape index (κ1) is 20.7. The summed E-state index contributed by atoms with van der Waals surface area (Å²) in [5, 5.41) is 2.93. The van der Waals surface area contributed by atoms with Gasteiger partial charge in [0.15, 0.2) is 0 Å². The van der Waals surface area contributed by atoms with Crippen molar-refractivity contribution in [1.29, 1.82) is 0 Å². The molecule has 6 nitrogen and oxygen atoms in total. The number of hydrogen-bond acceptors (Lipinski definition) is 5. The standard InChI is InChI=1S/C25H26N4O2S/c1-17-18(2)29(15-19-7-4-3-5-8-19)23-22(17)24(27-16-26-23)31-20-10-12-28(13-11-20)25(30)21-9-6-14-32-21/h3-9,14,16,20H,10-13,15H2,1-2H3. The second-order valence-electron chi connectivity index (χ2n) is 8.25. The van der Waals surface area contributed by atoms with Crippen molar-refractivity contribution in [2.24, 2.45) is 0 Å². The van der Waals surface area contributed by atoms with Crippen LogP contribution in [0, 0.1) is 13.8 Å². The van der Waals surface area contributed by atoms with E-state index in [2.05, 4.69) is 52.6 Å². The Bertz CT molecular complexity index is 1230. The van der Waals surface area contributed by atoms with E-state index in [1.54, 1.807) is 6.33 Å². The van der Waals surface area contributed by atoms with E-state index in [1.165, 1.54) is 22.6 Å². The molecule has 32 heavy (non-hydrogen) atoms. The van der Waals surface area contributed by atoms with E-state index in [-0.39, 0.29) is 12.0 Å². The molecule has 0 spiro atoms. The number of fused-ring (bicyclic) bond motifs is 1. The summed E-state index contributed by atoms with van der Waals surface area (Å²) in [6.07, 6.45) is 3.22. The molecule has 0 N–H and O–H groups in total. The Kier molecular flexibility index (Phi) is 5.66. The number of likely N-dealkylation sites (tertiary alicyclic amines) is 1. The number of aromatic nitrogens is 3. The van der Waals surface area contributed by atoms with Crippen molar-refractivity contribution < 1.29 is 9.53 Å². The van der Waals surface area contributed by atoms with Crippen LogP contribution in [0.25, 0.3) is 11.0 Å². The van der Waals surface area contributed by atoms with Gasteiger partial charge in [-0.1, -0.05) is 36.4 Å².